The van der Waals surface area contributed by atoms with Gasteiger partial charge >= 0.3 is 12.1 Å². The van der Waals surface area contributed by atoms with Crippen LogP contribution in [0.15, 0.2) is 66.7 Å². The summed E-state index contributed by atoms with van der Waals surface area (Å²) in [5.74, 6) is -3.15. The molecule has 0 saturated heterocycles. The molecular formula is C21H15F4N2O3+. The van der Waals surface area contributed by atoms with Crippen LogP contribution in [0, 0.1) is 11.2 Å². The predicted octanol–water partition coefficient (Wildman–Crippen LogP) is 4.47. The molecule has 0 fully saturated rings. The Labute approximate surface area is 168 Å². The van der Waals surface area contributed by atoms with Crippen molar-refractivity contribution in [1.29, 1.82) is 5.41 Å². The fourth-order valence-electron chi connectivity index (χ4n) is 2.73. The Hall–Kier alpha value is -3.72. The third-order valence-corrected chi connectivity index (χ3v) is 4.17. The first-order chi connectivity index (χ1) is 14.2. The maximum Gasteiger partial charge on any atom is 0.419 e. The molecule has 0 atom stereocenters. The first-order valence-corrected chi connectivity index (χ1v) is 8.56. The molecule has 0 heterocycles. The first kappa shape index (κ1) is 21.0. The van der Waals surface area contributed by atoms with Gasteiger partial charge in [-0.1, -0.05) is 24.3 Å². The van der Waals surface area contributed by atoms with Crippen LogP contribution in [0.2, 0.25) is 0 Å². The fourth-order valence-corrected chi connectivity index (χ4v) is 2.73. The van der Waals surface area contributed by atoms with Crippen LogP contribution < -0.4 is 10.1 Å². The van der Waals surface area contributed by atoms with Crippen molar-refractivity contribution < 1.29 is 37.5 Å². The van der Waals surface area contributed by atoms with E-state index in [1.54, 1.807) is 12.1 Å². The van der Waals surface area contributed by atoms with Gasteiger partial charge in [0.2, 0.25) is 5.90 Å². The summed E-state index contributed by atoms with van der Waals surface area (Å²) in [5, 5.41) is 18.4. The normalized spacial score (nSPS) is 11.2. The number of alkyl halides is 3. The van der Waals surface area contributed by atoms with Crippen molar-refractivity contribution in [1.82, 2.24) is 0 Å². The summed E-state index contributed by atoms with van der Waals surface area (Å²) < 4.78 is 58.9. The molecule has 0 aliphatic heterocycles. The molecule has 5 nitrogen and oxygen atoms in total. The fraction of sp³-hybridized carbons (Fsp3) is 0.0476. The largest absolute Gasteiger partial charge is 0.478 e. The van der Waals surface area contributed by atoms with E-state index in [1.165, 1.54) is 41.7 Å². The van der Waals surface area contributed by atoms with E-state index in [2.05, 4.69) is 0 Å². The van der Waals surface area contributed by atoms with Crippen molar-refractivity contribution >= 4 is 23.2 Å². The summed E-state index contributed by atoms with van der Waals surface area (Å²) in [6.45, 7) is 0. The minimum absolute atomic E-state index is 0.0518. The molecule has 9 heteroatoms. The zero-order valence-corrected chi connectivity index (χ0v) is 15.2. The second kappa shape index (κ2) is 8.34. The van der Waals surface area contributed by atoms with Gasteiger partial charge in [-0.25, -0.2) is 9.18 Å². The minimum atomic E-state index is -4.66. The molecule has 3 rings (SSSR count). The molecule has 3 aromatic rings. The topological polar surface area (TPSA) is 87.0 Å². The lowest BCUT2D eigenvalue weighted by molar-refractivity contribution is -0.481. The van der Waals surface area contributed by atoms with Crippen molar-refractivity contribution in [3.8, 4) is 5.75 Å². The first-order valence-electron chi connectivity index (χ1n) is 8.56. The summed E-state index contributed by atoms with van der Waals surface area (Å²) in [4.78, 5) is 10.9. The van der Waals surface area contributed by atoms with E-state index in [0.717, 1.165) is 18.2 Å². The standard InChI is InChI=1S/C21H14F4N2O3/c22-15-11-12(20(28)29)9-10-17(15)27-16-7-3-1-5-13(16)19(26)30-18-8-4-2-6-14(18)21(23,24)25/h1-11,26-27H,(H,28,29)/p+1. The number of rotatable bonds is 5. The maximum absolute atomic E-state index is 14.3. The highest BCUT2D eigenvalue weighted by Gasteiger charge is 2.34. The highest BCUT2D eigenvalue weighted by molar-refractivity contribution is 5.97. The van der Waals surface area contributed by atoms with E-state index >= 15 is 0 Å². The predicted molar refractivity (Wildman–Crippen MR) is 99.9 cm³/mol. The highest BCUT2D eigenvalue weighted by Crippen LogP contribution is 2.36. The van der Waals surface area contributed by atoms with Gasteiger partial charge in [0.15, 0.2) is 11.5 Å². The van der Waals surface area contributed by atoms with Crippen molar-refractivity contribution in [2.24, 2.45) is 0 Å². The smallest absolute Gasteiger partial charge is 0.419 e. The molecule has 4 N–H and O–H groups in total. The number of carboxylic acid groups (broad SMARTS) is 1. The highest BCUT2D eigenvalue weighted by atomic mass is 19.4. The Morgan fingerprint density at radius 2 is 1.63 bits per heavy atom. The quantitative estimate of drug-likeness (QED) is 0.247. The lowest BCUT2D eigenvalue weighted by Crippen LogP contribution is -2.72. The molecule has 0 aliphatic rings. The van der Waals surface area contributed by atoms with E-state index in [9.17, 15) is 22.4 Å². The molecule has 0 unspecified atom stereocenters. The van der Waals surface area contributed by atoms with E-state index < -0.39 is 35.2 Å². The van der Waals surface area contributed by atoms with Crippen LogP contribution in [0.5, 0.6) is 5.75 Å². The van der Waals surface area contributed by atoms with Gasteiger partial charge in [-0.2, -0.15) is 13.2 Å². The van der Waals surface area contributed by atoms with Crippen LogP contribution in [-0.2, 0) is 6.18 Å². The van der Waals surface area contributed by atoms with Gasteiger partial charge in [-0.3, -0.25) is 10.7 Å². The van der Waals surface area contributed by atoms with Crippen LogP contribution >= 0.6 is 0 Å². The van der Waals surface area contributed by atoms with E-state index in [-0.39, 0.29) is 16.8 Å². The van der Waals surface area contributed by atoms with Crippen LogP contribution in [0.3, 0.4) is 0 Å². The van der Waals surface area contributed by atoms with Crippen LogP contribution in [0.1, 0.15) is 21.5 Å². The van der Waals surface area contributed by atoms with Crippen LogP contribution in [0.25, 0.3) is 0 Å². The van der Waals surface area contributed by atoms with Gasteiger partial charge in [0.05, 0.1) is 16.7 Å². The SMILES string of the molecule is N=C(Oc1ccccc1C(F)(F)F)c1ccccc1[NH2+]c1ccc(C(=O)O)cc1F. The number of quaternary nitrogens is 1. The number of nitrogens with one attached hydrogen (secondary N) is 1. The average Bonchev–Trinajstić information content (AvgIpc) is 2.69. The molecule has 0 amide bonds. The maximum atomic E-state index is 14.3. The lowest BCUT2D eigenvalue weighted by atomic mass is 10.1. The summed E-state index contributed by atoms with van der Waals surface area (Å²) in [7, 11) is 0. The number of hydrogen-bond donors (Lipinski definition) is 3. The number of nitrogens with two attached hydrogens (primary N) is 1. The average molecular weight is 419 g/mol. The molecule has 3 aromatic carbocycles. The van der Waals surface area contributed by atoms with E-state index in [4.69, 9.17) is 15.3 Å². The van der Waals surface area contributed by atoms with Crippen LogP contribution in [-0.4, -0.2) is 17.0 Å². The monoisotopic (exact) mass is 419 g/mol. The third kappa shape index (κ3) is 4.64. The second-order valence-electron chi connectivity index (χ2n) is 6.20. The molecule has 30 heavy (non-hydrogen) atoms. The van der Waals surface area contributed by atoms with Crippen LogP contribution in [0.4, 0.5) is 28.9 Å². The molecule has 0 aromatic heterocycles. The van der Waals surface area contributed by atoms with Crippen molar-refractivity contribution in [3.05, 3.63) is 89.2 Å². The second-order valence-corrected chi connectivity index (χ2v) is 6.20. The summed E-state index contributed by atoms with van der Waals surface area (Å²) in [6.07, 6.45) is -4.66. The number of halogens is 4. The van der Waals surface area contributed by atoms with E-state index in [0.29, 0.717) is 5.69 Å². The van der Waals surface area contributed by atoms with Gasteiger partial charge in [0, 0.05) is 12.1 Å². The summed E-state index contributed by atoms with van der Waals surface area (Å²) in [6, 6.07) is 14.0. The van der Waals surface area contributed by atoms with Crippen molar-refractivity contribution in [2.45, 2.75) is 6.18 Å². The molecule has 0 radical (unpaired) electrons. The number of ether oxygens (including phenoxy) is 1. The number of carbonyl (C=O) groups is 1. The Kier molecular flexibility index (Phi) is 5.84. The van der Waals surface area contributed by atoms with Gasteiger partial charge in [-0.05, 0) is 30.3 Å². The zero-order valence-electron chi connectivity index (χ0n) is 15.2. The molecule has 154 valence electrons. The van der Waals surface area contributed by atoms with E-state index in [1.807, 2.05) is 0 Å². The van der Waals surface area contributed by atoms with Gasteiger partial charge in [0.1, 0.15) is 11.4 Å². The Bertz CT molecular complexity index is 1110. The minimum Gasteiger partial charge on any atom is -0.478 e. The molecule has 0 bridgehead atoms. The summed E-state index contributed by atoms with van der Waals surface area (Å²) >= 11 is 0. The van der Waals surface area contributed by atoms with Gasteiger partial charge < -0.3 is 9.84 Å². The molecular weight excluding hydrogens is 404 g/mol. The number of carboxylic acids is 1. The van der Waals surface area contributed by atoms with Crippen molar-refractivity contribution in [3.63, 3.8) is 0 Å². The Balaban J connectivity index is 1.89. The number of aromatic carboxylic acids is 1. The Morgan fingerprint density at radius 3 is 2.30 bits per heavy atom. The molecule has 0 aliphatic carbocycles. The summed E-state index contributed by atoms with van der Waals surface area (Å²) in [5.41, 5.74) is -0.745. The number of benzene rings is 3. The third-order valence-electron chi connectivity index (χ3n) is 4.17. The Morgan fingerprint density at radius 1 is 0.967 bits per heavy atom. The zero-order chi connectivity index (χ0) is 21.9. The molecule has 0 saturated carbocycles. The van der Waals surface area contributed by atoms with Crippen molar-refractivity contribution in [2.75, 3.05) is 0 Å². The lowest BCUT2D eigenvalue weighted by Gasteiger charge is -2.14. The number of hydrogen-bond acceptors (Lipinski definition) is 3. The van der Waals surface area contributed by atoms with Gasteiger partial charge in [0.25, 0.3) is 0 Å². The molecule has 0 spiro atoms. The number of para-hydroxylation sites is 2. The van der Waals surface area contributed by atoms with Gasteiger partial charge in [-0.15, -0.1) is 0 Å².